The summed E-state index contributed by atoms with van der Waals surface area (Å²) in [6.07, 6.45) is 1.33. The van der Waals surface area contributed by atoms with Crippen molar-refractivity contribution in [1.29, 1.82) is 0 Å². The molecule has 2 heterocycles. The summed E-state index contributed by atoms with van der Waals surface area (Å²) in [4.78, 5) is 48.9. The Kier molecular flexibility index (Phi) is 6.76. The monoisotopic (exact) mass is 433 g/mol. The van der Waals surface area contributed by atoms with E-state index in [0.717, 1.165) is 11.3 Å². The Morgan fingerprint density at radius 3 is 2.63 bits per heavy atom. The molecule has 3 rings (SSSR count). The fraction of sp³-hybridized carbons (Fsp3) is 0.450. The van der Waals surface area contributed by atoms with Gasteiger partial charge in [-0.15, -0.1) is 11.8 Å². The number of carbonyl (C=O) groups is 3. The van der Waals surface area contributed by atoms with E-state index in [2.05, 4.69) is 5.32 Å². The van der Waals surface area contributed by atoms with E-state index in [1.165, 1.54) is 47.9 Å². The van der Waals surface area contributed by atoms with Crippen LogP contribution in [0.1, 0.15) is 32.3 Å². The molecule has 2 aliphatic heterocycles. The van der Waals surface area contributed by atoms with Crippen LogP contribution in [0, 0.1) is 16.0 Å². The molecule has 0 unspecified atom stereocenters. The summed E-state index contributed by atoms with van der Waals surface area (Å²) in [6.45, 7) is 3.81. The number of nitro groups is 1. The Hall–Kier alpha value is -2.88. The number of nitrogens with zero attached hydrogens (tertiary/aromatic N) is 2. The van der Waals surface area contributed by atoms with Gasteiger partial charge in [-0.05, 0) is 24.1 Å². The zero-order chi connectivity index (χ0) is 21.8. The molecule has 160 valence electrons. The molecular weight excluding hydrogens is 410 g/mol. The first-order valence-electron chi connectivity index (χ1n) is 9.67. The molecule has 0 saturated carbocycles. The van der Waals surface area contributed by atoms with Crippen LogP contribution in [0.2, 0.25) is 0 Å². The highest BCUT2D eigenvalue weighted by molar-refractivity contribution is 8.03. The van der Waals surface area contributed by atoms with Crippen molar-refractivity contribution in [1.82, 2.24) is 10.2 Å². The van der Waals surface area contributed by atoms with E-state index >= 15 is 0 Å². The minimum atomic E-state index is -0.583. The molecular formula is C20H23N3O6S. The second-order valence-corrected chi connectivity index (χ2v) is 8.29. The number of ether oxygens (including phenoxy) is 1. The summed E-state index contributed by atoms with van der Waals surface area (Å²) in [5, 5.41) is 13.5. The maximum Gasteiger partial charge on any atom is 0.356 e. The number of non-ortho nitro benzene ring substituents is 1. The van der Waals surface area contributed by atoms with Crippen molar-refractivity contribution in [2.24, 2.45) is 5.92 Å². The van der Waals surface area contributed by atoms with Crippen molar-refractivity contribution < 1.29 is 24.0 Å². The normalized spacial score (nSPS) is 19.9. The van der Waals surface area contributed by atoms with Crippen molar-refractivity contribution in [2.75, 3.05) is 12.3 Å². The summed E-state index contributed by atoms with van der Waals surface area (Å²) >= 11 is 1.45. The van der Waals surface area contributed by atoms with E-state index in [4.69, 9.17) is 4.74 Å². The van der Waals surface area contributed by atoms with Gasteiger partial charge in [-0.25, -0.2) is 4.79 Å². The van der Waals surface area contributed by atoms with Crippen molar-refractivity contribution in [2.45, 2.75) is 39.3 Å². The molecule has 2 aliphatic rings. The average molecular weight is 433 g/mol. The molecule has 30 heavy (non-hydrogen) atoms. The molecule has 1 fully saturated rings. The van der Waals surface area contributed by atoms with Crippen LogP contribution in [0.3, 0.4) is 0 Å². The maximum atomic E-state index is 12.8. The molecule has 1 aromatic rings. The first-order valence-corrected chi connectivity index (χ1v) is 10.7. The lowest BCUT2D eigenvalue weighted by atomic mass is 9.85. The molecule has 0 aromatic heterocycles. The van der Waals surface area contributed by atoms with Gasteiger partial charge in [0.2, 0.25) is 11.8 Å². The zero-order valence-electron chi connectivity index (χ0n) is 16.8. The lowest BCUT2D eigenvalue weighted by molar-refractivity contribution is -0.384. The molecule has 1 N–H and O–H groups in total. The van der Waals surface area contributed by atoms with E-state index < -0.39 is 10.9 Å². The topological polar surface area (TPSA) is 119 Å². The predicted molar refractivity (Wildman–Crippen MR) is 110 cm³/mol. The number of hydrogen-bond donors (Lipinski definition) is 1. The molecule has 2 atom stereocenters. The molecule has 0 spiro atoms. The number of β-lactam (4-membered cyclic amide) rings is 1. The van der Waals surface area contributed by atoms with Gasteiger partial charge in [0.05, 0.1) is 16.9 Å². The SMILES string of the molecule is CC[C@H]1C(=O)N2C(C(=O)OCc3ccc([N+](=O)[O-])cc3)=C(SCCNC(C)=O)C[C@H]12. The van der Waals surface area contributed by atoms with E-state index in [0.29, 0.717) is 24.3 Å². The largest absolute Gasteiger partial charge is 0.456 e. The lowest BCUT2D eigenvalue weighted by Gasteiger charge is -2.43. The average Bonchev–Trinajstić information content (AvgIpc) is 3.04. The second kappa shape index (κ2) is 9.29. The van der Waals surface area contributed by atoms with Crippen LogP contribution in [-0.2, 0) is 25.7 Å². The van der Waals surface area contributed by atoms with Crippen molar-refractivity contribution in [3.8, 4) is 0 Å². The van der Waals surface area contributed by atoms with Gasteiger partial charge in [0.1, 0.15) is 12.3 Å². The standard InChI is InChI=1S/C20H23N3O6S/c1-3-15-16-10-17(30-9-8-21-12(2)24)18(22(16)19(15)25)20(26)29-11-13-4-6-14(7-5-13)23(27)28/h4-7,15-16H,3,8-11H2,1-2H3,(H,21,24)/t15-,16-/m1/s1. The number of thioether (sulfide) groups is 1. The van der Waals surface area contributed by atoms with Gasteiger partial charge in [0.15, 0.2) is 0 Å². The molecule has 0 aliphatic carbocycles. The van der Waals surface area contributed by atoms with E-state index in [1.54, 1.807) is 0 Å². The van der Waals surface area contributed by atoms with Crippen LogP contribution >= 0.6 is 11.8 Å². The number of nitro benzene ring substituents is 1. The van der Waals surface area contributed by atoms with Gasteiger partial charge in [0.25, 0.3) is 5.69 Å². The number of benzene rings is 1. The third-order valence-electron chi connectivity index (χ3n) is 5.15. The predicted octanol–water partition coefficient (Wildman–Crippen LogP) is 2.36. The highest BCUT2D eigenvalue weighted by Gasteiger charge is 2.54. The Morgan fingerprint density at radius 1 is 1.33 bits per heavy atom. The number of amides is 2. The summed E-state index contributed by atoms with van der Waals surface area (Å²) in [5.41, 5.74) is 0.857. The molecule has 1 saturated heterocycles. The van der Waals surface area contributed by atoms with Crippen LogP contribution < -0.4 is 5.32 Å². The van der Waals surface area contributed by atoms with Crippen LogP contribution in [0.4, 0.5) is 5.69 Å². The minimum absolute atomic E-state index is 0.0207. The fourth-order valence-corrected chi connectivity index (χ4v) is 4.71. The molecule has 9 nitrogen and oxygen atoms in total. The number of hydrogen-bond acceptors (Lipinski definition) is 7. The smallest absolute Gasteiger partial charge is 0.356 e. The van der Waals surface area contributed by atoms with Gasteiger partial charge in [-0.1, -0.05) is 6.92 Å². The lowest BCUT2D eigenvalue weighted by Crippen LogP contribution is -2.58. The Bertz CT molecular complexity index is 898. The first-order chi connectivity index (χ1) is 14.3. The third kappa shape index (κ3) is 4.48. The first kappa shape index (κ1) is 21.8. The number of rotatable bonds is 9. The van der Waals surface area contributed by atoms with Gasteiger partial charge in [0, 0.05) is 42.7 Å². The highest BCUT2D eigenvalue weighted by atomic mass is 32.2. The maximum absolute atomic E-state index is 12.8. The highest BCUT2D eigenvalue weighted by Crippen LogP contribution is 2.47. The van der Waals surface area contributed by atoms with Gasteiger partial charge >= 0.3 is 5.97 Å². The number of carbonyl (C=O) groups excluding carboxylic acids is 3. The fourth-order valence-electron chi connectivity index (χ4n) is 3.65. The van der Waals surface area contributed by atoms with E-state index in [-0.39, 0.29) is 41.8 Å². The van der Waals surface area contributed by atoms with Gasteiger partial charge in [-0.3, -0.25) is 19.7 Å². The van der Waals surface area contributed by atoms with E-state index in [1.807, 2.05) is 6.92 Å². The van der Waals surface area contributed by atoms with E-state index in [9.17, 15) is 24.5 Å². The number of fused-ring (bicyclic) bond motifs is 1. The molecule has 2 amide bonds. The molecule has 0 radical (unpaired) electrons. The Morgan fingerprint density at radius 2 is 2.03 bits per heavy atom. The second-order valence-electron chi connectivity index (χ2n) is 7.10. The van der Waals surface area contributed by atoms with Gasteiger partial charge in [-0.2, -0.15) is 0 Å². The Labute approximate surface area is 178 Å². The van der Waals surface area contributed by atoms with Crippen LogP contribution in [-0.4, -0.2) is 45.9 Å². The van der Waals surface area contributed by atoms with Crippen molar-refractivity contribution in [3.05, 3.63) is 50.5 Å². The van der Waals surface area contributed by atoms with Crippen LogP contribution in [0.5, 0.6) is 0 Å². The third-order valence-corrected chi connectivity index (χ3v) is 6.27. The van der Waals surface area contributed by atoms with Crippen LogP contribution in [0.25, 0.3) is 0 Å². The number of nitrogens with one attached hydrogen (secondary N) is 1. The quantitative estimate of drug-likeness (QED) is 0.209. The molecule has 1 aromatic carbocycles. The van der Waals surface area contributed by atoms with Crippen molar-refractivity contribution >= 4 is 35.2 Å². The summed E-state index contributed by atoms with van der Waals surface area (Å²) in [6, 6.07) is 5.74. The van der Waals surface area contributed by atoms with Gasteiger partial charge < -0.3 is 15.0 Å². The Balaban J connectivity index is 1.68. The summed E-state index contributed by atoms with van der Waals surface area (Å²) < 4.78 is 5.41. The molecule has 0 bridgehead atoms. The zero-order valence-corrected chi connectivity index (χ0v) is 17.6. The minimum Gasteiger partial charge on any atom is -0.456 e. The number of esters is 1. The van der Waals surface area contributed by atoms with Crippen LogP contribution in [0.15, 0.2) is 34.9 Å². The summed E-state index contributed by atoms with van der Waals surface area (Å²) in [7, 11) is 0. The summed E-state index contributed by atoms with van der Waals surface area (Å²) in [5.74, 6) is -0.276. The molecule has 10 heteroatoms. The van der Waals surface area contributed by atoms with Crippen molar-refractivity contribution in [3.63, 3.8) is 0 Å².